The Morgan fingerprint density at radius 2 is 2.19 bits per heavy atom. The van der Waals surface area contributed by atoms with Crippen LogP contribution in [0.3, 0.4) is 0 Å². The second kappa shape index (κ2) is 7.47. The lowest BCUT2D eigenvalue weighted by molar-refractivity contribution is -0.137. The van der Waals surface area contributed by atoms with E-state index in [1.165, 1.54) is 0 Å². The number of aromatic nitrogens is 1. The largest absolute Gasteiger partial charge is 0.385 e. The molecule has 2 heterocycles. The van der Waals surface area contributed by atoms with Crippen LogP contribution < -0.4 is 5.73 Å². The fourth-order valence-electron chi connectivity index (χ4n) is 5.99. The van der Waals surface area contributed by atoms with Crippen molar-refractivity contribution in [3.63, 3.8) is 0 Å². The van der Waals surface area contributed by atoms with Crippen LogP contribution in [-0.2, 0) is 27.8 Å². The number of hydrogen-bond donors (Lipinski definition) is 1. The number of nitriles is 1. The van der Waals surface area contributed by atoms with Crippen LogP contribution >= 0.6 is 11.3 Å². The Morgan fingerprint density at radius 3 is 2.87 bits per heavy atom. The Labute approximate surface area is 186 Å². The van der Waals surface area contributed by atoms with Crippen LogP contribution in [0, 0.1) is 16.7 Å². The zero-order valence-corrected chi connectivity index (χ0v) is 18.5. The van der Waals surface area contributed by atoms with E-state index in [1.54, 1.807) is 29.5 Å². The first-order valence-electron chi connectivity index (χ1n) is 10.8. The van der Waals surface area contributed by atoms with E-state index in [2.05, 4.69) is 11.1 Å². The molecule has 1 fully saturated rings. The molecule has 5 rings (SSSR count). The maximum absolute atomic E-state index is 14.1. The molecular weight excluding hydrogens is 408 g/mol. The molecule has 1 amide bonds. The van der Waals surface area contributed by atoms with Gasteiger partial charge in [-0.25, -0.2) is 4.98 Å². The molecule has 7 heteroatoms. The van der Waals surface area contributed by atoms with Gasteiger partial charge in [0.15, 0.2) is 0 Å². The molecule has 6 nitrogen and oxygen atoms in total. The maximum Gasteiger partial charge on any atom is 0.243 e. The summed E-state index contributed by atoms with van der Waals surface area (Å²) in [5.74, 6) is 0.566. The molecular formula is C24H26N4O2S. The van der Waals surface area contributed by atoms with Crippen molar-refractivity contribution >= 4 is 17.2 Å². The van der Waals surface area contributed by atoms with Crippen LogP contribution in [0.5, 0.6) is 0 Å². The van der Waals surface area contributed by atoms with Crippen LogP contribution in [0.1, 0.15) is 47.4 Å². The van der Waals surface area contributed by atoms with Gasteiger partial charge in [-0.2, -0.15) is 5.26 Å². The first-order chi connectivity index (χ1) is 15.0. The highest BCUT2D eigenvalue weighted by molar-refractivity contribution is 7.09. The molecule has 160 valence electrons. The van der Waals surface area contributed by atoms with Crippen molar-refractivity contribution in [3.05, 3.63) is 63.4 Å². The standard InChI is InChI=1S/C24H26N4O2S/c1-30-18-4-7-23(8-5-18)13-17-3-2-16(15-25)12-19(17)24(23)14-20(26)28(22(24)29)10-6-21-27-9-11-31-21/h2-3,9,11-12,14,18H,4-8,10,13,26H2,1H3. The third kappa shape index (κ3) is 2.93. The zero-order valence-electron chi connectivity index (χ0n) is 17.6. The number of carbonyl (C=O) groups is 1. The zero-order chi connectivity index (χ0) is 21.6. The van der Waals surface area contributed by atoms with Crippen molar-refractivity contribution < 1.29 is 9.53 Å². The minimum atomic E-state index is -0.805. The average Bonchev–Trinajstić information content (AvgIpc) is 3.46. The Hall–Kier alpha value is -2.69. The number of benzene rings is 1. The molecule has 2 aliphatic carbocycles. The van der Waals surface area contributed by atoms with Crippen molar-refractivity contribution in [2.75, 3.05) is 13.7 Å². The molecule has 2 spiro atoms. The lowest BCUT2D eigenvalue weighted by Crippen LogP contribution is -2.52. The first kappa shape index (κ1) is 20.2. The number of amides is 1. The summed E-state index contributed by atoms with van der Waals surface area (Å²) in [6.07, 6.45) is 9.19. The lowest BCUT2D eigenvalue weighted by Gasteiger charge is -2.46. The average molecular weight is 435 g/mol. The van der Waals surface area contributed by atoms with Crippen LogP contribution in [0.25, 0.3) is 0 Å². The molecule has 1 aromatic carbocycles. The maximum atomic E-state index is 14.1. The first-order valence-corrected chi connectivity index (χ1v) is 11.7. The highest BCUT2D eigenvalue weighted by Crippen LogP contribution is 2.62. The van der Waals surface area contributed by atoms with Crippen molar-refractivity contribution in [1.82, 2.24) is 9.88 Å². The van der Waals surface area contributed by atoms with Gasteiger partial charge in [-0.3, -0.25) is 9.69 Å². The summed E-state index contributed by atoms with van der Waals surface area (Å²) in [4.78, 5) is 20.2. The predicted molar refractivity (Wildman–Crippen MR) is 118 cm³/mol. The van der Waals surface area contributed by atoms with Gasteiger partial charge in [-0.05, 0) is 66.9 Å². The summed E-state index contributed by atoms with van der Waals surface area (Å²) in [5.41, 5.74) is 8.17. The number of hydrogen-bond acceptors (Lipinski definition) is 6. The molecule has 1 aliphatic heterocycles. The van der Waals surface area contributed by atoms with Gasteiger partial charge < -0.3 is 10.5 Å². The molecule has 1 unspecified atom stereocenters. The third-order valence-corrected chi connectivity index (χ3v) is 8.38. The van der Waals surface area contributed by atoms with E-state index < -0.39 is 5.41 Å². The second-order valence-electron chi connectivity index (χ2n) is 8.89. The summed E-state index contributed by atoms with van der Waals surface area (Å²) < 4.78 is 5.62. The Kier molecular flexibility index (Phi) is 4.87. The lowest BCUT2D eigenvalue weighted by atomic mass is 9.57. The van der Waals surface area contributed by atoms with Gasteiger partial charge in [-0.1, -0.05) is 6.07 Å². The van der Waals surface area contributed by atoms with E-state index in [0.717, 1.165) is 48.2 Å². The second-order valence-corrected chi connectivity index (χ2v) is 9.86. The molecule has 31 heavy (non-hydrogen) atoms. The fraction of sp³-hybridized carbons (Fsp3) is 0.458. The highest BCUT2D eigenvalue weighted by Gasteiger charge is 2.64. The van der Waals surface area contributed by atoms with Gasteiger partial charge in [0.05, 0.1) is 22.7 Å². The molecule has 2 N–H and O–H groups in total. The SMILES string of the molecule is COC1CCC2(CC1)Cc1ccc(C#N)cc1C21C=C(N)N(CCc2nccs2)C1=O. The Bertz CT molecular complexity index is 1080. The minimum absolute atomic E-state index is 0.0475. The summed E-state index contributed by atoms with van der Waals surface area (Å²) in [5, 5.41) is 12.5. The van der Waals surface area contributed by atoms with E-state index in [-0.39, 0.29) is 17.4 Å². The number of carbonyl (C=O) groups excluding carboxylic acids is 1. The Balaban J connectivity index is 1.56. The summed E-state index contributed by atoms with van der Waals surface area (Å²) in [6, 6.07) is 8.05. The summed E-state index contributed by atoms with van der Waals surface area (Å²) >= 11 is 1.59. The van der Waals surface area contributed by atoms with E-state index in [9.17, 15) is 10.1 Å². The molecule has 0 saturated heterocycles. The summed E-state index contributed by atoms with van der Waals surface area (Å²) in [7, 11) is 1.76. The topological polar surface area (TPSA) is 92.2 Å². The quantitative estimate of drug-likeness (QED) is 0.797. The number of nitrogens with two attached hydrogens (primary N) is 1. The van der Waals surface area contributed by atoms with Crippen molar-refractivity contribution in [1.29, 1.82) is 5.26 Å². The number of fused-ring (bicyclic) bond motifs is 3. The van der Waals surface area contributed by atoms with Gasteiger partial charge in [0, 0.05) is 31.7 Å². The number of nitrogens with zero attached hydrogens (tertiary/aromatic N) is 3. The van der Waals surface area contributed by atoms with Crippen LogP contribution in [-0.4, -0.2) is 35.5 Å². The van der Waals surface area contributed by atoms with Crippen LogP contribution in [0.15, 0.2) is 41.7 Å². The number of thiazole rings is 1. The molecule has 1 aromatic heterocycles. The van der Waals surface area contributed by atoms with E-state index in [0.29, 0.717) is 24.4 Å². The molecule has 3 aliphatic rings. The fourth-order valence-corrected chi connectivity index (χ4v) is 6.60. The van der Waals surface area contributed by atoms with Gasteiger partial charge in [0.25, 0.3) is 0 Å². The van der Waals surface area contributed by atoms with Gasteiger partial charge in [0.2, 0.25) is 5.91 Å². The van der Waals surface area contributed by atoms with E-state index >= 15 is 0 Å². The smallest absolute Gasteiger partial charge is 0.243 e. The van der Waals surface area contributed by atoms with Crippen LogP contribution in [0.4, 0.5) is 0 Å². The van der Waals surface area contributed by atoms with Gasteiger partial charge in [-0.15, -0.1) is 11.3 Å². The number of rotatable bonds is 4. The van der Waals surface area contributed by atoms with Crippen molar-refractivity contribution in [3.8, 4) is 6.07 Å². The van der Waals surface area contributed by atoms with E-state index in [4.69, 9.17) is 10.5 Å². The van der Waals surface area contributed by atoms with Crippen molar-refractivity contribution in [2.45, 2.75) is 50.0 Å². The molecule has 1 atom stereocenters. The normalized spacial score (nSPS) is 29.4. The summed E-state index contributed by atoms with van der Waals surface area (Å²) in [6.45, 7) is 0.514. The minimum Gasteiger partial charge on any atom is -0.385 e. The third-order valence-electron chi connectivity index (χ3n) is 7.54. The van der Waals surface area contributed by atoms with Gasteiger partial charge in [0.1, 0.15) is 11.2 Å². The Morgan fingerprint density at radius 1 is 1.39 bits per heavy atom. The molecule has 0 radical (unpaired) electrons. The molecule has 2 aromatic rings. The van der Waals surface area contributed by atoms with Crippen molar-refractivity contribution in [2.24, 2.45) is 11.1 Å². The van der Waals surface area contributed by atoms with Crippen LogP contribution in [0.2, 0.25) is 0 Å². The monoisotopic (exact) mass is 434 g/mol. The number of methoxy groups -OCH3 is 1. The number of ether oxygens (including phenoxy) is 1. The van der Waals surface area contributed by atoms with E-state index in [1.807, 2.05) is 29.7 Å². The van der Waals surface area contributed by atoms with Gasteiger partial charge >= 0.3 is 0 Å². The molecule has 1 saturated carbocycles. The molecule has 0 bridgehead atoms. The highest BCUT2D eigenvalue weighted by atomic mass is 32.1. The predicted octanol–water partition coefficient (Wildman–Crippen LogP) is 3.27.